The Balaban J connectivity index is 2.21. The summed E-state index contributed by atoms with van der Waals surface area (Å²) in [7, 11) is 0. The van der Waals surface area contributed by atoms with E-state index >= 15 is 0 Å². The fraction of sp³-hybridized carbons (Fsp3) is 0.417. The molecule has 1 aliphatic rings. The van der Waals surface area contributed by atoms with Gasteiger partial charge in [-0.1, -0.05) is 0 Å². The number of hydrogen-bond acceptors (Lipinski definition) is 3. The van der Waals surface area contributed by atoms with Gasteiger partial charge >= 0.3 is 0 Å². The lowest BCUT2D eigenvalue weighted by atomic mass is 10.2. The maximum absolute atomic E-state index is 11.9. The Morgan fingerprint density at radius 2 is 2.33 bits per heavy atom. The van der Waals surface area contributed by atoms with Crippen LogP contribution in [0.4, 0.5) is 0 Å². The minimum absolute atomic E-state index is 0.0216. The van der Waals surface area contributed by atoms with Crippen LogP contribution >= 0.6 is 15.9 Å². The molecule has 0 aliphatic heterocycles. The summed E-state index contributed by atoms with van der Waals surface area (Å²) in [6.45, 7) is 1.73. The second kappa shape index (κ2) is 4.94. The first-order chi connectivity index (χ1) is 8.52. The van der Waals surface area contributed by atoms with Crippen LogP contribution in [0.3, 0.4) is 0 Å². The molecule has 1 aliphatic carbocycles. The molecule has 18 heavy (non-hydrogen) atoms. The molecular formula is C12H12BrN3O2. The largest absolute Gasteiger partial charge is 0.336 e. The third kappa shape index (κ3) is 2.62. The van der Waals surface area contributed by atoms with Gasteiger partial charge in [-0.05, 0) is 47.7 Å². The van der Waals surface area contributed by atoms with Gasteiger partial charge in [0.25, 0.3) is 11.5 Å². The van der Waals surface area contributed by atoms with Crippen LogP contribution in [0, 0.1) is 24.2 Å². The van der Waals surface area contributed by atoms with E-state index in [1.165, 1.54) is 6.07 Å². The Morgan fingerprint density at radius 1 is 1.67 bits per heavy atom. The van der Waals surface area contributed by atoms with Crippen LogP contribution in [0.2, 0.25) is 0 Å². The number of pyridine rings is 1. The normalized spacial score (nSPS) is 15.8. The van der Waals surface area contributed by atoms with Crippen LogP contribution in [0.25, 0.3) is 0 Å². The lowest BCUT2D eigenvalue weighted by molar-refractivity contribution is 0.0940. The summed E-state index contributed by atoms with van der Waals surface area (Å²) in [6, 6.07) is 3.03. The zero-order valence-corrected chi connectivity index (χ0v) is 11.4. The number of amides is 1. The van der Waals surface area contributed by atoms with Gasteiger partial charge in [0, 0.05) is 10.2 Å². The van der Waals surface area contributed by atoms with Crippen molar-refractivity contribution in [2.75, 3.05) is 0 Å². The Hall–Kier alpha value is -1.61. The fourth-order valence-electron chi connectivity index (χ4n) is 1.67. The van der Waals surface area contributed by atoms with Crippen molar-refractivity contribution in [1.29, 1.82) is 5.26 Å². The van der Waals surface area contributed by atoms with E-state index in [0.29, 0.717) is 10.2 Å². The van der Waals surface area contributed by atoms with E-state index in [0.717, 1.165) is 12.8 Å². The Morgan fingerprint density at radius 3 is 2.89 bits per heavy atom. The fourth-order valence-corrected chi connectivity index (χ4v) is 2.00. The molecule has 1 atom stereocenters. The quantitative estimate of drug-likeness (QED) is 0.886. The molecule has 0 aromatic carbocycles. The lowest BCUT2D eigenvalue weighted by Gasteiger charge is -2.10. The smallest absolute Gasteiger partial charge is 0.261 e. The van der Waals surface area contributed by atoms with Crippen molar-refractivity contribution in [2.45, 2.75) is 25.8 Å². The number of nitrogens with one attached hydrogen (secondary N) is 2. The first kappa shape index (κ1) is 12.8. The molecule has 0 radical (unpaired) electrons. The third-order valence-corrected chi connectivity index (χ3v) is 3.76. The van der Waals surface area contributed by atoms with Crippen LogP contribution in [0.1, 0.15) is 28.9 Å². The highest BCUT2D eigenvalue weighted by atomic mass is 79.9. The first-order valence-electron chi connectivity index (χ1n) is 5.63. The van der Waals surface area contributed by atoms with E-state index in [2.05, 4.69) is 32.3 Å². The lowest BCUT2D eigenvalue weighted by Crippen LogP contribution is -2.38. The molecule has 1 amide bonds. The first-order valence-corrected chi connectivity index (χ1v) is 6.42. The van der Waals surface area contributed by atoms with E-state index in [1.54, 1.807) is 6.92 Å². The number of nitriles is 1. The molecule has 1 aromatic heterocycles. The van der Waals surface area contributed by atoms with Gasteiger partial charge in [0.2, 0.25) is 0 Å². The standard InChI is InChI=1S/C12H12BrN3O2/c1-6-9(13)4-8(11(17)15-6)12(18)16-10(5-14)7-2-3-7/h4,7,10H,2-3H2,1H3,(H,15,17)(H,16,18). The van der Waals surface area contributed by atoms with Crippen molar-refractivity contribution in [1.82, 2.24) is 10.3 Å². The highest BCUT2D eigenvalue weighted by Crippen LogP contribution is 2.32. The molecule has 0 bridgehead atoms. The third-order valence-electron chi connectivity index (χ3n) is 2.94. The number of halogens is 1. The van der Waals surface area contributed by atoms with Crippen molar-refractivity contribution in [2.24, 2.45) is 5.92 Å². The van der Waals surface area contributed by atoms with Crippen LogP contribution in [-0.2, 0) is 0 Å². The zero-order chi connectivity index (χ0) is 13.3. The molecule has 94 valence electrons. The Bertz CT molecular complexity index is 584. The Kier molecular flexibility index (Phi) is 3.53. The van der Waals surface area contributed by atoms with Gasteiger partial charge in [0.15, 0.2) is 0 Å². The van der Waals surface area contributed by atoms with Crippen LogP contribution in [0.5, 0.6) is 0 Å². The minimum atomic E-state index is -0.504. The number of aromatic amines is 1. The molecule has 0 spiro atoms. The van der Waals surface area contributed by atoms with Crippen molar-refractivity contribution in [3.05, 3.63) is 32.2 Å². The Labute approximate surface area is 112 Å². The van der Waals surface area contributed by atoms with Gasteiger partial charge in [-0.15, -0.1) is 0 Å². The maximum Gasteiger partial charge on any atom is 0.261 e. The van der Waals surface area contributed by atoms with Gasteiger partial charge in [-0.3, -0.25) is 9.59 Å². The van der Waals surface area contributed by atoms with E-state index in [1.807, 2.05) is 0 Å². The molecule has 1 fully saturated rings. The van der Waals surface area contributed by atoms with E-state index in [9.17, 15) is 9.59 Å². The van der Waals surface area contributed by atoms with Crippen LogP contribution in [0.15, 0.2) is 15.3 Å². The van der Waals surface area contributed by atoms with E-state index in [4.69, 9.17) is 5.26 Å². The van der Waals surface area contributed by atoms with Gasteiger partial charge < -0.3 is 10.3 Å². The second-order valence-corrected chi connectivity index (χ2v) is 5.26. The van der Waals surface area contributed by atoms with E-state index in [-0.39, 0.29) is 11.5 Å². The van der Waals surface area contributed by atoms with Gasteiger partial charge in [0.1, 0.15) is 11.6 Å². The van der Waals surface area contributed by atoms with Crippen LogP contribution in [-0.4, -0.2) is 16.9 Å². The van der Waals surface area contributed by atoms with Crippen molar-refractivity contribution in [3.63, 3.8) is 0 Å². The summed E-state index contributed by atoms with van der Waals surface area (Å²) in [5.74, 6) is -0.276. The molecular weight excluding hydrogens is 298 g/mol. The molecule has 0 saturated heterocycles. The van der Waals surface area contributed by atoms with Gasteiger partial charge in [-0.2, -0.15) is 5.26 Å². The molecule has 1 heterocycles. The zero-order valence-electron chi connectivity index (χ0n) is 9.79. The molecule has 6 heteroatoms. The average Bonchev–Trinajstić information content (AvgIpc) is 3.14. The maximum atomic E-state index is 11.9. The number of carbonyl (C=O) groups excluding carboxylic acids is 1. The molecule has 1 saturated carbocycles. The second-order valence-electron chi connectivity index (χ2n) is 4.40. The molecule has 5 nitrogen and oxygen atoms in total. The summed E-state index contributed by atoms with van der Waals surface area (Å²) in [5.41, 5.74) is 0.240. The molecule has 2 N–H and O–H groups in total. The van der Waals surface area contributed by atoms with Gasteiger partial charge in [-0.25, -0.2) is 0 Å². The average molecular weight is 310 g/mol. The van der Waals surface area contributed by atoms with E-state index < -0.39 is 17.5 Å². The molecule has 2 rings (SSSR count). The summed E-state index contributed by atoms with van der Waals surface area (Å²) in [4.78, 5) is 26.2. The van der Waals surface area contributed by atoms with Crippen molar-refractivity contribution < 1.29 is 4.79 Å². The SMILES string of the molecule is Cc1[nH]c(=O)c(C(=O)NC(C#N)C2CC2)cc1Br. The van der Waals surface area contributed by atoms with Gasteiger partial charge in [0.05, 0.1) is 6.07 Å². The predicted octanol–water partition coefficient (Wildman–Crippen LogP) is 1.48. The highest BCUT2D eigenvalue weighted by molar-refractivity contribution is 9.10. The van der Waals surface area contributed by atoms with Crippen molar-refractivity contribution >= 4 is 21.8 Å². The summed E-state index contributed by atoms with van der Waals surface area (Å²) < 4.78 is 0.659. The molecule has 1 aromatic rings. The number of rotatable bonds is 3. The number of H-pyrrole nitrogens is 1. The number of carbonyl (C=O) groups is 1. The number of hydrogen-bond donors (Lipinski definition) is 2. The van der Waals surface area contributed by atoms with Crippen molar-refractivity contribution in [3.8, 4) is 6.07 Å². The molecule has 1 unspecified atom stereocenters. The van der Waals surface area contributed by atoms with Crippen LogP contribution < -0.4 is 10.9 Å². The topological polar surface area (TPSA) is 85.8 Å². The monoisotopic (exact) mass is 309 g/mol. The summed E-state index contributed by atoms with van der Waals surface area (Å²) >= 11 is 3.26. The summed E-state index contributed by atoms with van der Waals surface area (Å²) in [6.07, 6.45) is 1.90. The number of nitrogens with zero attached hydrogens (tertiary/aromatic N) is 1. The minimum Gasteiger partial charge on any atom is -0.336 e. The summed E-state index contributed by atoms with van der Waals surface area (Å²) in [5, 5.41) is 11.5. The number of aromatic nitrogens is 1. The number of aryl methyl sites for hydroxylation is 1. The predicted molar refractivity (Wildman–Crippen MR) is 69.1 cm³/mol. The highest BCUT2D eigenvalue weighted by Gasteiger charge is 2.32.